The molecule has 1 heterocycles. The van der Waals surface area contributed by atoms with Gasteiger partial charge in [0.2, 0.25) is 5.91 Å². The Morgan fingerprint density at radius 2 is 1.76 bits per heavy atom. The number of aryl methyl sites for hydroxylation is 1. The minimum Gasteiger partial charge on any atom is -0.480 e. The van der Waals surface area contributed by atoms with Crippen molar-refractivity contribution in [2.75, 3.05) is 5.43 Å². The highest BCUT2D eigenvalue weighted by atomic mass is 35.5. The van der Waals surface area contributed by atoms with Gasteiger partial charge < -0.3 is 21.2 Å². The number of pyridine rings is 1. The molecule has 2 amide bonds. The summed E-state index contributed by atoms with van der Waals surface area (Å²) in [6.45, 7) is 3.56. The molecule has 0 fully saturated rings. The number of amides is 2. The number of carbonyl (C=O) groups excluding carboxylic acids is 2. The van der Waals surface area contributed by atoms with E-state index in [1.807, 2.05) is 0 Å². The summed E-state index contributed by atoms with van der Waals surface area (Å²) in [6, 6.07) is 10.7. The Hall–Kier alpha value is -3.56. The van der Waals surface area contributed by atoms with Crippen LogP contribution in [0.4, 0.5) is 4.39 Å². The van der Waals surface area contributed by atoms with Gasteiger partial charge in [-0.25, -0.2) is 9.07 Å². The van der Waals surface area contributed by atoms with Crippen LogP contribution in [0, 0.1) is 12.7 Å². The summed E-state index contributed by atoms with van der Waals surface area (Å²) in [5, 5.41) is 3.55. The molecule has 0 radical (unpaired) electrons. The van der Waals surface area contributed by atoms with Crippen LogP contribution in [0.25, 0.3) is 0 Å². The zero-order valence-electron chi connectivity index (χ0n) is 20.3. The molecule has 0 saturated carbocycles. The molecule has 1 atom stereocenters. The highest BCUT2D eigenvalue weighted by Gasteiger charge is 2.18. The van der Waals surface area contributed by atoms with Crippen LogP contribution in [0.5, 0.6) is 5.75 Å². The molecule has 1 aromatic heterocycles. The Morgan fingerprint density at radius 3 is 2.43 bits per heavy atom. The van der Waals surface area contributed by atoms with E-state index in [-0.39, 0.29) is 25.1 Å². The summed E-state index contributed by atoms with van der Waals surface area (Å²) in [7, 11) is 0. The van der Waals surface area contributed by atoms with E-state index in [9.17, 15) is 18.8 Å². The predicted molar refractivity (Wildman–Crippen MR) is 141 cm³/mol. The molecule has 0 saturated heterocycles. The third-order valence-electron chi connectivity index (χ3n) is 5.67. The number of carbonyl (C=O) groups is 2. The van der Waals surface area contributed by atoms with Crippen molar-refractivity contribution in [2.24, 2.45) is 5.73 Å². The van der Waals surface area contributed by atoms with Gasteiger partial charge in [0.15, 0.2) is 6.10 Å². The summed E-state index contributed by atoms with van der Waals surface area (Å²) in [5.74, 6) is -1.10. The summed E-state index contributed by atoms with van der Waals surface area (Å²) < 4.78 is 20.9. The number of aromatic nitrogens is 1. The second-order valence-corrected chi connectivity index (χ2v) is 9.22. The molecule has 0 bridgehead atoms. The number of nitrogens with zero attached hydrogens (tertiary/aromatic N) is 1. The Labute approximate surface area is 223 Å². The number of halogens is 3. The third kappa shape index (κ3) is 7.47. The second-order valence-electron chi connectivity index (χ2n) is 8.35. The Morgan fingerprint density at radius 1 is 1.08 bits per heavy atom. The summed E-state index contributed by atoms with van der Waals surface area (Å²) in [6.07, 6.45) is 0.879. The van der Waals surface area contributed by atoms with Crippen LogP contribution in [0.2, 0.25) is 10.0 Å². The first-order valence-electron chi connectivity index (χ1n) is 11.5. The van der Waals surface area contributed by atoms with Crippen molar-refractivity contribution in [2.45, 2.75) is 45.9 Å². The third-order valence-corrected chi connectivity index (χ3v) is 6.14. The average Bonchev–Trinajstić information content (AvgIpc) is 2.85. The van der Waals surface area contributed by atoms with Crippen LogP contribution in [-0.2, 0) is 29.1 Å². The van der Waals surface area contributed by atoms with Crippen molar-refractivity contribution in [1.29, 1.82) is 0 Å². The maximum atomic E-state index is 14.0. The van der Waals surface area contributed by atoms with Gasteiger partial charge in [0.1, 0.15) is 11.6 Å². The number of nitrogens with two attached hydrogens (primary N) is 1. The number of hydrogen-bond donors (Lipinski definition) is 3. The first-order valence-corrected chi connectivity index (χ1v) is 12.2. The van der Waals surface area contributed by atoms with Crippen molar-refractivity contribution < 1.29 is 18.7 Å². The number of nitrogens with one attached hydrogen (secondary N) is 2. The maximum Gasteiger partial charge on any atom is 0.272 e. The number of ether oxygens (including phenoxy) is 1. The van der Waals surface area contributed by atoms with E-state index in [1.54, 1.807) is 38.1 Å². The van der Waals surface area contributed by atoms with Crippen molar-refractivity contribution >= 4 is 35.0 Å². The lowest BCUT2D eigenvalue weighted by atomic mass is 10.1. The molecule has 196 valence electrons. The average molecular weight is 549 g/mol. The van der Waals surface area contributed by atoms with Crippen LogP contribution in [-0.4, -0.2) is 22.6 Å². The van der Waals surface area contributed by atoms with E-state index < -0.39 is 29.3 Å². The molecule has 4 N–H and O–H groups in total. The lowest BCUT2D eigenvalue weighted by Crippen LogP contribution is -2.35. The molecular formula is C26H27Cl2FN4O4. The number of hydrogen-bond acceptors (Lipinski definition) is 5. The maximum absolute atomic E-state index is 14.0. The summed E-state index contributed by atoms with van der Waals surface area (Å²) >= 11 is 12.0. The second kappa shape index (κ2) is 12.6. The Bertz CT molecular complexity index is 1360. The van der Waals surface area contributed by atoms with Crippen LogP contribution in [0.3, 0.4) is 0 Å². The van der Waals surface area contributed by atoms with Gasteiger partial charge in [0.25, 0.3) is 11.5 Å². The van der Waals surface area contributed by atoms with Gasteiger partial charge in [0.05, 0.1) is 13.0 Å². The fourth-order valence-corrected chi connectivity index (χ4v) is 3.96. The fourth-order valence-electron chi connectivity index (χ4n) is 3.57. The van der Waals surface area contributed by atoms with Gasteiger partial charge in [-0.15, -0.1) is 0 Å². The Balaban J connectivity index is 1.70. The van der Waals surface area contributed by atoms with Gasteiger partial charge in [-0.05, 0) is 61.4 Å². The minimum absolute atomic E-state index is 0.0165. The molecule has 0 spiro atoms. The zero-order chi connectivity index (χ0) is 27.1. The van der Waals surface area contributed by atoms with E-state index in [0.29, 0.717) is 38.9 Å². The van der Waals surface area contributed by atoms with Gasteiger partial charge in [-0.1, -0.05) is 30.1 Å². The topological polar surface area (TPSA) is 115 Å². The molecule has 3 aromatic rings. The normalized spacial score (nSPS) is 11.6. The molecule has 0 aliphatic rings. The smallest absolute Gasteiger partial charge is 0.272 e. The van der Waals surface area contributed by atoms with Gasteiger partial charge in [-0.2, -0.15) is 0 Å². The summed E-state index contributed by atoms with van der Waals surface area (Å²) in [5.41, 5.74) is 9.54. The number of primary amides is 1. The Kier molecular flexibility index (Phi) is 9.54. The molecule has 1 unspecified atom stereocenters. The number of benzene rings is 2. The molecule has 0 aliphatic heterocycles. The molecule has 8 nitrogen and oxygen atoms in total. The summed E-state index contributed by atoms with van der Waals surface area (Å²) in [4.78, 5) is 37.3. The van der Waals surface area contributed by atoms with E-state index >= 15 is 0 Å². The van der Waals surface area contributed by atoms with Crippen LogP contribution in [0.15, 0.2) is 53.5 Å². The van der Waals surface area contributed by atoms with Gasteiger partial charge in [-0.3, -0.25) is 14.4 Å². The highest BCUT2D eigenvalue weighted by molar-refractivity contribution is 6.30. The molecule has 11 heteroatoms. The zero-order valence-corrected chi connectivity index (χ0v) is 21.8. The SMILES string of the molecule is CCC(Oc1ccc(Cl)cc1CNC(=O)Cc1c(C)ccn(NCc2cc(Cl)ccc2F)c1=O)C(N)=O. The number of rotatable bonds is 11. The predicted octanol–water partition coefficient (Wildman–Crippen LogP) is 3.85. The monoisotopic (exact) mass is 548 g/mol. The van der Waals surface area contributed by atoms with E-state index in [4.69, 9.17) is 33.7 Å². The standard InChI is InChI=1S/C26H27Cl2FN4O4/c1-3-22(25(30)35)37-23-7-5-19(28)11-17(23)13-31-24(34)12-20-15(2)8-9-33(26(20)36)32-14-16-10-18(27)4-6-21(16)29/h4-11,22,32H,3,12-14H2,1-2H3,(H2,30,35)(H,31,34). The molecule has 2 aromatic carbocycles. The lowest BCUT2D eigenvalue weighted by Gasteiger charge is -2.18. The molecule has 37 heavy (non-hydrogen) atoms. The van der Waals surface area contributed by atoms with Crippen LogP contribution < -0.4 is 26.8 Å². The fraction of sp³-hybridized carbons (Fsp3) is 0.269. The van der Waals surface area contributed by atoms with Crippen LogP contribution >= 0.6 is 23.2 Å². The van der Waals surface area contributed by atoms with Crippen molar-refractivity contribution in [3.63, 3.8) is 0 Å². The van der Waals surface area contributed by atoms with Gasteiger partial charge >= 0.3 is 0 Å². The first-order chi connectivity index (χ1) is 17.6. The molecular weight excluding hydrogens is 522 g/mol. The van der Waals surface area contributed by atoms with E-state index in [0.717, 1.165) is 0 Å². The van der Waals surface area contributed by atoms with Crippen LogP contribution in [0.1, 0.15) is 35.6 Å². The van der Waals surface area contributed by atoms with E-state index in [1.165, 1.54) is 29.1 Å². The quantitative estimate of drug-likeness (QED) is 0.336. The van der Waals surface area contributed by atoms with E-state index in [2.05, 4.69) is 10.7 Å². The van der Waals surface area contributed by atoms with Crippen molar-refractivity contribution in [3.05, 3.63) is 97.1 Å². The first kappa shape index (κ1) is 28.0. The minimum atomic E-state index is -0.825. The molecule has 0 aliphatic carbocycles. The highest BCUT2D eigenvalue weighted by Crippen LogP contribution is 2.24. The van der Waals surface area contributed by atoms with Gasteiger partial charge in [0, 0.05) is 39.5 Å². The molecule has 3 rings (SSSR count). The largest absolute Gasteiger partial charge is 0.480 e. The lowest BCUT2D eigenvalue weighted by molar-refractivity contribution is -0.125. The van der Waals surface area contributed by atoms with Crippen molar-refractivity contribution in [1.82, 2.24) is 9.99 Å². The van der Waals surface area contributed by atoms with Crippen molar-refractivity contribution in [3.8, 4) is 5.75 Å².